The number of halogens is 2. The van der Waals surface area contributed by atoms with Gasteiger partial charge in [0.1, 0.15) is 0 Å². The number of amides is 1. The fourth-order valence-corrected chi connectivity index (χ4v) is 2.54. The predicted octanol–water partition coefficient (Wildman–Crippen LogP) is 2.00. The molecule has 1 N–H and O–H groups in total. The van der Waals surface area contributed by atoms with Gasteiger partial charge in [-0.05, 0) is 25.1 Å². The average Bonchev–Trinajstić information content (AvgIpc) is 2.34. The smallest absolute Gasteiger partial charge is 0.237 e. The van der Waals surface area contributed by atoms with E-state index in [-0.39, 0.29) is 24.3 Å². The van der Waals surface area contributed by atoms with E-state index >= 15 is 0 Å². The van der Waals surface area contributed by atoms with Crippen LogP contribution in [0.3, 0.4) is 0 Å². The monoisotopic (exact) mass is 300 g/mol. The number of ketones is 1. The Labute approximate surface area is 121 Å². The summed E-state index contributed by atoms with van der Waals surface area (Å²) in [5, 5.41) is 3.59. The van der Waals surface area contributed by atoms with Crippen LogP contribution < -0.4 is 5.32 Å². The molecule has 0 aromatic heterocycles. The van der Waals surface area contributed by atoms with E-state index < -0.39 is 0 Å². The van der Waals surface area contributed by atoms with Crippen molar-refractivity contribution in [2.24, 2.45) is 0 Å². The molecule has 1 aliphatic heterocycles. The number of piperazine rings is 1. The number of nitrogens with zero attached hydrogens (tertiary/aromatic N) is 1. The van der Waals surface area contributed by atoms with Crippen molar-refractivity contribution in [3.8, 4) is 0 Å². The molecule has 1 saturated heterocycles. The Morgan fingerprint density at radius 2 is 2.21 bits per heavy atom. The summed E-state index contributed by atoms with van der Waals surface area (Å²) in [5.74, 6) is -0.163. The first-order chi connectivity index (χ1) is 8.99. The van der Waals surface area contributed by atoms with E-state index in [1.807, 2.05) is 4.90 Å². The number of hydrogen-bond acceptors (Lipinski definition) is 3. The fraction of sp³-hybridized carbons (Fsp3) is 0.385. The molecule has 1 aromatic carbocycles. The van der Waals surface area contributed by atoms with Gasteiger partial charge in [-0.15, -0.1) is 0 Å². The SMILES string of the molecule is CC1C(=O)NCCN1CC(=O)c1ccc(Cl)cc1Cl. The molecule has 1 heterocycles. The maximum Gasteiger partial charge on any atom is 0.237 e. The maximum atomic E-state index is 12.2. The van der Waals surface area contributed by atoms with Crippen LogP contribution in [-0.2, 0) is 4.79 Å². The van der Waals surface area contributed by atoms with Crippen LogP contribution in [-0.4, -0.2) is 42.3 Å². The highest BCUT2D eigenvalue weighted by atomic mass is 35.5. The molecule has 0 spiro atoms. The number of Topliss-reactive ketones (excluding diaryl/α,β-unsaturated/α-hetero) is 1. The summed E-state index contributed by atoms with van der Waals surface area (Å²) in [4.78, 5) is 25.6. The van der Waals surface area contributed by atoms with Crippen LogP contribution in [0.5, 0.6) is 0 Å². The quantitative estimate of drug-likeness (QED) is 0.869. The molecule has 1 atom stereocenters. The number of carbonyl (C=O) groups excluding carboxylic acids is 2. The Morgan fingerprint density at radius 3 is 2.89 bits per heavy atom. The summed E-state index contributed by atoms with van der Waals surface area (Å²) in [6, 6.07) is 4.49. The number of hydrogen-bond donors (Lipinski definition) is 1. The lowest BCUT2D eigenvalue weighted by Crippen LogP contribution is -2.55. The second-order valence-electron chi connectivity index (χ2n) is 4.48. The van der Waals surface area contributed by atoms with E-state index in [1.165, 1.54) is 0 Å². The van der Waals surface area contributed by atoms with Crippen LogP contribution in [0.15, 0.2) is 18.2 Å². The van der Waals surface area contributed by atoms with E-state index in [4.69, 9.17) is 23.2 Å². The molecule has 4 nitrogen and oxygen atoms in total. The Hall–Kier alpha value is -1.10. The van der Waals surface area contributed by atoms with Crippen LogP contribution >= 0.6 is 23.2 Å². The van der Waals surface area contributed by atoms with Crippen molar-refractivity contribution in [2.75, 3.05) is 19.6 Å². The molecule has 6 heteroatoms. The molecule has 2 rings (SSSR count). The van der Waals surface area contributed by atoms with Crippen LogP contribution in [0, 0.1) is 0 Å². The summed E-state index contributed by atoms with van der Waals surface area (Å²) in [6.45, 7) is 3.18. The average molecular weight is 301 g/mol. The van der Waals surface area contributed by atoms with Gasteiger partial charge in [0.25, 0.3) is 0 Å². The van der Waals surface area contributed by atoms with Gasteiger partial charge in [-0.2, -0.15) is 0 Å². The van der Waals surface area contributed by atoms with Crippen molar-refractivity contribution in [1.82, 2.24) is 10.2 Å². The molecule has 102 valence electrons. The molecule has 1 unspecified atom stereocenters. The van der Waals surface area contributed by atoms with E-state index in [1.54, 1.807) is 25.1 Å². The number of carbonyl (C=O) groups is 2. The van der Waals surface area contributed by atoms with Crippen molar-refractivity contribution in [3.05, 3.63) is 33.8 Å². The van der Waals surface area contributed by atoms with Gasteiger partial charge in [-0.1, -0.05) is 23.2 Å². The molecule has 1 aliphatic rings. The summed E-state index contributed by atoms with van der Waals surface area (Å²) in [5.41, 5.74) is 0.434. The topological polar surface area (TPSA) is 49.4 Å². The normalized spacial score (nSPS) is 20.2. The molecular formula is C13H14Cl2N2O2. The Kier molecular flexibility index (Phi) is 4.45. The van der Waals surface area contributed by atoms with Gasteiger partial charge in [0.05, 0.1) is 17.6 Å². The first-order valence-electron chi connectivity index (χ1n) is 5.99. The molecule has 0 saturated carbocycles. The molecule has 1 amide bonds. The summed E-state index contributed by atoms with van der Waals surface area (Å²) < 4.78 is 0. The Bertz CT molecular complexity index is 519. The molecular weight excluding hydrogens is 287 g/mol. The van der Waals surface area contributed by atoms with Gasteiger partial charge in [-0.3, -0.25) is 14.5 Å². The molecule has 19 heavy (non-hydrogen) atoms. The van der Waals surface area contributed by atoms with E-state index in [2.05, 4.69) is 5.32 Å². The lowest BCUT2D eigenvalue weighted by molar-refractivity contribution is -0.127. The van der Waals surface area contributed by atoms with Crippen molar-refractivity contribution < 1.29 is 9.59 Å². The highest BCUT2D eigenvalue weighted by molar-refractivity contribution is 6.36. The number of rotatable bonds is 3. The molecule has 0 bridgehead atoms. The Balaban J connectivity index is 2.10. The third-order valence-electron chi connectivity index (χ3n) is 3.20. The zero-order valence-corrected chi connectivity index (χ0v) is 12.0. The van der Waals surface area contributed by atoms with E-state index in [0.717, 1.165) is 0 Å². The third-order valence-corrected chi connectivity index (χ3v) is 3.75. The standard InChI is InChI=1S/C13H14Cl2N2O2/c1-8-13(19)16-4-5-17(8)7-12(18)10-3-2-9(14)6-11(10)15/h2-3,6,8H,4-5,7H2,1H3,(H,16,19). The highest BCUT2D eigenvalue weighted by Crippen LogP contribution is 2.22. The van der Waals surface area contributed by atoms with Crippen molar-refractivity contribution in [3.63, 3.8) is 0 Å². The van der Waals surface area contributed by atoms with Crippen LogP contribution in [0.25, 0.3) is 0 Å². The van der Waals surface area contributed by atoms with Gasteiger partial charge < -0.3 is 5.32 Å². The van der Waals surface area contributed by atoms with Crippen molar-refractivity contribution in [2.45, 2.75) is 13.0 Å². The largest absolute Gasteiger partial charge is 0.353 e. The van der Waals surface area contributed by atoms with Crippen LogP contribution in [0.2, 0.25) is 10.0 Å². The second kappa shape index (κ2) is 5.90. The third kappa shape index (κ3) is 3.26. The van der Waals surface area contributed by atoms with E-state index in [0.29, 0.717) is 28.7 Å². The van der Waals surface area contributed by atoms with Gasteiger partial charge in [0.2, 0.25) is 5.91 Å². The minimum atomic E-state index is -0.302. The lowest BCUT2D eigenvalue weighted by atomic mass is 10.1. The maximum absolute atomic E-state index is 12.2. The fourth-order valence-electron chi connectivity index (χ4n) is 2.03. The summed E-state index contributed by atoms with van der Waals surface area (Å²) >= 11 is 11.8. The van der Waals surface area contributed by atoms with Crippen molar-refractivity contribution in [1.29, 1.82) is 0 Å². The minimum Gasteiger partial charge on any atom is -0.353 e. The van der Waals surface area contributed by atoms with Crippen LogP contribution in [0.1, 0.15) is 17.3 Å². The first-order valence-corrected chi connectivity index (χ1v) is 6.74. The summed E-state index contributed by atoms with van der Waals surface area (Å²) in [6.07, 6.45) is 0. The van der Waals surface area contributed by atoms with Crippen LogP contribution in [0.4, 0.5) is 0 Å². The van der Waals surface area contributed by atoms with Gasteiger partial charge in [0, 0.05) is 23.7 Å². The number of benzene rings is 1. The van der Waals surface area contributed by atoms with Crippen molar-refractivity contribution >= 4 is 34.9 Å². The Morgan fingerprint density at radius 1 is 1.47 bits per heavy atom. The molecule has 0 aliphatic carbocycles. The van der Waals surface area contributed by atoms with Gasteiger partial charge >= 0.3 is 0 Å². The summed E-state index contributed by atoms with van der Waals surface area (Å²) in [7, 11) is 0. The van der Waals surface area contributed by atoms with Gasteiger partial charge in [-0.25, -0.2) is 0 Å². The molecule has 0 radical (unpaired) electrons. The number of nitrogens with one attached hydrogen (secondary N) is 1. The predicted molar refractivity (Wildman–Crippen MR) is 74.8 cm³/mol. The van der Waals surface area contributed by atoms with E-state index in [9.17, 15) is 9.59 Å². The minimum absolute atomic E-state index is 0.0544. The zero-order chi connectivity index (χ0) is 14.0. The highest BCUT2D eigenvalue weighted by Gasteiger charge is 2.27. The first kappa shape index (κ1) is 14.3. The zero-order valence-electron chi connectivity index (χ0n) is 10.5. The molecule has 1 aromatic rings. The molecule has 1 fully saturated rings. The second-order valence-corrected chi connectivity index (χ2v) is 5.33. The van der Waals surface area contributed by atoms with Gasteiger partial charge in [0.15, 0.2) is 5.78 Å². The lowest BCUT2D eigenvalue weighted by Gasteiger charge is -2.32.